The lowest BCUT2D eigenvalue weighted by atomic mass is 9.91. The molecule has 1 amide bonds. The van der Waals surface area contributed by atoms with Crippen molar-refractivity contribution in [3.63, 3.8) is 0 Å². The summed E-state index contributed by atoms with van der Waals surface area (Å²) in [4.78, 5) is 25.0. The quantitative estimate of drug-likeness (QED) is 0.909. The van der Waals surface area contributed by atoms with Crippen LogP contribution in [0.2, 0.25) is 0 Å². The molecule has 0 fully saturated rings. The van der Waals surface area contributed by atoms with Gasteiger partial charge in [-0.3, -0.25) is 4.79 Å². The number of carboxylic acid groups (broad SMARTS) is 1. The number of fused-ring (bicyclic) bond motifs is 1. The molecule has 1 aliphatic rings. The standard InChI is InChI=1S/C16H21NO4/c1-16(2,3)21-15(20)17-9-8-11-6-4-5-7-12(11)13(17)10-14(18)19/h4-7,13H,8-10H2,1-3H3,(H,18,19). The minimum atomic E-state index is -0.926. The molecule has 5 nitrogen and oxygen atoms in total. The van der Waals surface area contributed by atoms with E-state index in [9.17, 15) is 9.59 Å². The predicted molar refractivity (Wildman–Crippen MR) is 78.1 cm³/mol. The van der Waals surface area contributed by atoms with E-state index in [1.165, 1.54) is 4.90 Å². The Balaban J connectivity index is 2.29. The Labute approximate surface area is 124 Å². The van der Waals surface area contributed by atoms with Crippen molar-refractivity contribution in [1.82, 2.24) is 4.90 Å². The first-order chi connectivity index (χ1) is 9.78. The summed E-state index contributed by atoms with van der Waals surface area (Å²) in [6, 6.07) is 7.20. The van der Waals surface area contributed by atoms with Crippen LogP contribution in [0.15, 0.2) is 24.3 Å². The summed E-state index contributed by atoms with van der Waals surface area (Å²) < 4.78 is 5.40. The first kappa shape index (κ1) is 15.4. The van der Waals surface area contributed by atoms with Gasteiger partial charge in [-0.25, -0.2) is 4.79 Å². The molecule has 0 aromatic heterocycles. The molecule has 21 heavy (non-hydrogen) atoms. The van der Waals surface area contributed by atoms with Crippen molar-refractivity contribution >= 4 is 12.1 Å². The molecule has 0 saturated heterocycles. The van der Waals surface area contributed by atoms with E-state index in [0.29, 0.717) is 13.0 Å². The topological polar surface area (TPSA) is 66.8 Å². The first-order valence-electron chi connectivity index (χ1n) is 7.07. The van der Waals surface area contributed by atoms with Crippen LogP contribution in [0.1, 0.15) is 44.4 Å². The molecule has 1 N–H and O–H groups in total. The highest BCUT2D eigenvalue weighted by Crippen LogP contribution is 2.33. The molecule has 0 saturated carbocycles. The van der Waals surface area contributed by atoms with Crippen LogP contribution in [-0.2, 0) is 16.0 Å². The van der Waals surface area contributed by atoms with Gasteiger partial charge in [0.2, 0.25) is 0 Å². The highest BCUT2D eigenvalue weighted by atomic mass is 16.6. The number of carboxylic acids is 1. The van der Waals surface area contributed by atoms with Gasteiger partial charge in [-0.1, -0.05) is 24.3 Å². The summed E-state index contributed by atoms with van der Waals surface area (Å²) in [6.07, 6.45) is 0.144. The maximum Gasteiger partial charge on any atom is 0.410 e. The number of hydrogen-bond donors (Lipinski definition) is 1. The molecule has 1 unspecified atom stereocenters. The third-order valence-electron chi connectivity index (χ3n) is 3.41. The van der Waals surface area contributed by atoms with Gasteiger partial charge in [0, 0.05) is 6.54 Å². The molecule has 1 atom stereocenters. The summed E-state index contributed by atoms with van der Waals surface area (Å²) in [5.74, 6) is -0.926. The zero-order valence-corrected chi connectivity index (χ0v) is 12.6. The van der Waals surface area contributed by atoms with E-state index in [0.717, 1.165) is 11.1 Å². The molecule has 1 aromatic rings. The third-order valence-corrected chi connectivity index (χ3v) is 3.41. The SMILES string of the molecule is CC(C)(C)OC(=O)N1CCc2ccccc2C1CC(=O)O. The normalized spacial score (nSPS) is 18.0. The van der Waals surface area contributed by atoms with E-state index in [2.05, 4.69) is 0 Å². The molecule has 2 rings (SSSR count). The van der Waals surface area contributed by atoms with Gasteiger partial charge in [0.25, 0.3) is 0 Å². The van der Waals surface area contributed by atoms with Crippen LogP contribution >= 0.6 is 0 Å². The number of aliphatic carboxylic acids is 1. The van der Waals surface area contributed by atoms with E-state index in [4.69, 9.17) is 9.84 Å². The Morgan fingerprint density at radius 1 is 1.33 bits per heavy atom. The second-order valence-electron chi connectivity index (χ2n) is 6.24. The molecular weight excluding hydrogens is 270 g/mol. The maximum absolute atomic E-state index is 12.3. The van der Waals surface area contributed by atoms with Crippen LogP contribution in [0.3, 0.4) is 0 Å². The maximum atomic E-state index is 12.3. The zero-order valence-electron chi connectivity index (χ0n) is 12.6. The van der Waals surface area contributed by atoms with Crippen molar-refractivity contribution < 1.29 is 19.4 Å². The van der Waals surface area contributed by atoms with Gasteiger partial charge >= 0.3 is 12.1 Å². The number of carbonyl (C=O) groups is 2. The van der Waals surface area contributed by atoms with Crippen molar-refractivity contribution in [1.29, 1.82) is 0 Å². The van der Waals surface area contributed by atoms with Gasteiger partial charge in [-0.2, -0.15) is 0 Å². The summed E-state index contributed by atoms with van der Waals surface area (Å²) in [6.45, 7) is 5.88. The van der Waals surface area contributed by atoms with E-state index in [1.54, 1.807) is 20.8 Å². The van der Waals surface area contributed by atoms with Crippen molar-refractivity contribution in [2.75, 3.05) is 6.54 Å². The minimum Gasteiger partial charge on any atom is -0.481 e. The van der Waals surface area contributed by atoms with Gasteiger partial charge in [0.15, 0.2) is 0 Å². The summed E-state index contributed by atoms with van der Waals surface area (Å²) in [5, 5.41) is 9.14. The van der Waals surface area contributed by atoms with E-state index in [-0.39, 0.29) is 6.42 Å². The van der Waals surface area contributed by atoms with Gasteiger partial charge in [0.1, 0.15) is 5.60 Å². The fourth-order valence-electron chi connectivity index (χ4n) is 2.58. The predicted octanol–water partition coefficient (Wildman–Crippen LogP) is 3.00. The number of rotatable bonds is 2. The van der Waals surface area contributed by atoms with Crippen LogP contribution in [0.25, 0.3) is 0 Å². The second kappa shape index (κ2) is 5.76. The number of hydrogen-bond acceptors (Lipinski definition) is 3. The Morgan fingerprint density at radius 3 is 2.62 bits per heavy atom. The molecule has 0 aliphatic carbocycles. The van der Waals surface area contributed by atoms with Crippen LogP contribution in [0.4, 0.5) is 4.79 Å². The molecular formula is C16H21NO4. The van der Waals surface area contributed by atoms with Crippen LogP contribution in [-0.4, -0.2) is 34.2 Å². The Bertz CT molecular complexity index is 547. The van der Waals surface area contributed by atoms with E-state index in [1.807, 2.05) is 24.3 Å². The highest BCUT2D eigenvalue weighted by molar-refractivity contribution is 5.73. The average molecular weight is 291 g/mol. The monoisotopic (exact) mass is 291 g/mol. The molecule has 1 heterocycles. The molecule has 1 aromatic carbocycles. The fraction of sp³-hybridized carbons (Fsp3) is 0.500. The number of amides is 1. The van der Waals surface area contributed by atoms with Crippen molar-refractivity contribution in [2.45, 2.75) is 45.3 Å². The average Bonchev–Trinajstić information content (AvgIpc) is 2.36. The summed E-state index contributed by atoms with van der Waals surface area (Å²) in [7, 11) is 0. The Hall–Kier alpha value is -2.04. The van der Waals surface area contributed by atoms with Crippen molar-refractivity contribution in [3.8, 4) is 0 Å². The lowest BCUT2D eigenvalue weighted by molar-refractivity contribution is -0.138. The lowest BCUT2D eigenvalue weighted by Gasteiger charge is -2.37. The van der Waals surface area contributed by atoms with Gasteiger partial charge in [-0.15, -0.1) is 0 Å². The second-order valence-corrected chi connectivity index (χ2v) is 6.24. The number of nitrogens with zero attached hydrogens (tertiary/aromatic N) is 1. The largest absolute Gasteiger partial charge is 0.481 e. The van der Waals surface area contributed by atoms with Gasteiger partial charge in [0.05, 0.1) is 12.5 Å². The van der Waals surface area contributed by atoms with Gasteiger partial charge < -0.3 is 14.7 Å². The van der Waals surface area contributed by atoms with Crippen molar-refractivity contribution in [3.05, 3.63) is 35.4 Å². The molecule has 114 valence electrons. The molecule has 1 aliphatic heterocycles. The summed E-state index contributed by atoms with van der Waals surface area (Å²) >= 11 is 0. The number of ether oxygens (including phenoxy) is 1. The van der Waals surface area contributed by atoms with E-state index < -0.39 is 23.7 Å². The lowest BCUT2D eigenvalue weighted by Crippen LogP contribution is -2.43. The number of carbonyl (C=O) groups excluding carboxylic acids is 1. The minimum absolute atomic E-state index is 0.115. The smallest absolute Gasteiger partial charge is 0.410 e. The molecule has 0 bridgehead atoms. The first-order valence-corrected chi connectivity index (χ1v) is 7.07. The molecule has 0 spiro atoms. The third kappa shape index (κ3) is 3.74. The molecule has 5 heteroatoms. The van der Waals surface area contributed by atoms with Crippen LogP contribution in [0, 0.1) is 0 Å². The fourth-order valence-corrected chi connectivity index (χ4v) is 2.58. The van der Waals surface area contributed by atoms with Gasteiger partial charge in [-0.05, 0) is 38.3 Å². The van der Waals surface area contributed by atoms with Crippen LogP contribution in [0.5, 0.6) is 0 Å². The van der Waals surface area contributed by atoms with Crippen molar-refractivity contribution in [2.24, 2.45) is 0 Å². The highest BCUT2D eigenvalue weighted by Gasteiger charge is 2.34. The Morgan fingerprint density at radius 2 is 2.00 bits per heavy atom. The Kier molecular flexibility index (Phi) is 4.21. The summed E-state index contributed by atoms with van der Waals surface area (Å²) in [5.41, 5.74) is 1.41. The zero-order chi connectivity index (χ0) is 15.6. The number of benzene rings is 1. The van der Waals surface area contributed by atoms with E-state index >= 15 is 0 Å². The van der Waals surface area contributed by atoms with Crippen LogP contribution < -0.4 is 0 Å². The molecule has 0 radical (unpaired) electrons.